The number of nitrogens with zero attached hydrogens (tertiary/aromatic N) is 2. The number of aliphatic carboxylic acids is 1. The van der Waals surface area contributed by atoms with Gasteiger partial charge >= 0.3 is 5.97 Å². The number of rotatable bonds is 4. The summed E-state index contributed by atoms with van der Waals surface area (Å²) in [5, 5.41) is 19.9. The van der Waals surface area contributed by atoms with Gasteiger partial charge in [0.15, 0.2) is 11.5 Å². The molecule has 35 heavy (non-hydrogen) atoms. The van der Waals surface area contributed by atoms with E-state index >= 15 is 0 Å². The molecule has 0 aliphatic carbocycles. The van der Waals surface area contributed by atoms with Gasteiger partial charge in [-0.1, -0.05) is 36.4 Å². The van der Waals surface area contributed by atoms with Crippen molar-refractivity contribution >= 4 is 17.6 Å². The van der Waals surface area contributed by atoms with Crippen LogP contribution in [-0.2, 0) is 10.2 Å². The van der Waals surface area contributed by atoms with Crippen molar-refractivity contribution in [3.63, 3.8) is 0 Å². The SMILES string of the molecule is CC(C)(C#N)c1ccc(N2C(=O)c3ccccc3C(C(=O)O)C2c2ccc3c(c2)OCCO3)cc1. The van der Waals surface area contributed by atoms with Crippen molar-refractivity contribution in [2.75, 3.05) is 18.1 Å². The van der Waals surface area contributed by atoms with Crippen LogP contribution in [0, 0.1) is 11.3 Å². The van der Waals surface area contributed by atoms with Gasteiger partial charge in [0.05, 0.1) is 17.5 Å². The molecule has 0 radical (unpaired) electrons. The van der Waals surface area contributed by atoms with Crippen LogP contribution in [0.15, 0.2) is 66.7 Å². The number of carboxylic acids is 1. The lowest BCUT2D eigenvalue weighted by molar-refractivity contribution is -0.139. The molecule has 176 valence electrons. The van der Waals surface area contributed by atoms with Gasteiger partial charge in [0.2, 0.25) is 0 Å². The van der Waals surface area contributed by atoms with Crippen LogP contribution in [0.5, 0.6) is 11.5 Å². The molecule has 1 amide bonds. The minimum atomic E-state index is -1.03. The standard InChI is InChI=1S/C28H24N2O5/c1-28(2,16-29)18-8-10-19(11-9-18)30-25(17-7-12-22-23(15-17)35-14-13-34-22)24(27(32)33)20-5-3-4-6-21(20)26(30)31/h3-12,15,24-25H,13-14H2,1-2H3,(H,32,33). The number of anilines is 1. The van der Waals surface area contributed by atoms with E-state index in [0.717, 1.165) is 5.56 Å². The van der Waals surface area contributed by atoms with Crippen LogP contribution >= 0.6 is 0 Å². The molecule has 3 aromatic rings. The summed E-state index contributed by atoms with van der Waals surface area (Å²) in [4.78, 5) is 28.0. The maximum atomic E-state index is 13.8. The molecule has 0 aromatic heterocycles. The van der Waals surface area contributed by atoms with E-state index in [1.54, 1.807) is 54.6 Å². The van der Waals surface area contributed by atoms with Gasteiger partial charge in [-0.15, -0.1) is 0 Å². The number of nitriles is 1. The van der Waals surface area contributed by atoms with Crippen molar-refractivity contribution < 1.29 is 24.2 Å². The van der Waals surface area contributed by atoms with Gasteiger partial charge in [-0.25, -0.2) is 0 Å². The molecular formula is C28H24N2O5. The van der Waals surface area contributed by atoms with E-state index in [9.17, 15) is 20.0 Å². The maximum Gasteiger partial charge on any atom is 0.313 e. The molecule has 5 rings (SSSR count). The van der Waals surface area contributed by atoms with E-state index < -0.39 is 23.3 Å². The molecule has 3 aromatic carbocycles. The molecule has 2 unspecified atom stereocenters. The van der Waals surface area contributed by atoms with Gasteiger partial charge in [-0.3, -0.25) is 14.5 Å². The van der Waals surface area contributed by atoms with Crippen molar-refractivity contribution in [2.45, 2.75) is 31.2 Å². The number of benzene rings is 3. The summed E-state index contributed by atoms with van der Waals surface area (Å²) in [5.41, 5.74) is 2.12. The molecule has 0 saturated carbocycles. The van der Waals surface area contributed by atoms with E-state index in [1.165, 1.54) is 4.90 Å². The van der Waals surface area contributed by atoms with Crippen LogP contribution in [0.1, 0.15) is 52.9 Å². The number of carboxylic acid groups (broad SMARTS) is 1. The smallest absolute Gasteiger partial charge is 0.313 e. The van der Waals surface area contributed by atoms with Crippen LogP contribution in [0.2, 0.25) is 0 Å². The summed E-state index contributed by atoms with van der Waals surface area (Å²) in [6.07, 6.45) is 0. The normalized spacial score (nSPS) is 19.0. The number of carbonyl (C=O) groups is 2. The van der Waals surface area contributed by atoms with Gasteiger partial charge < -0.3 is 14.6 Å². The summed E-state index contributed by atoms with van der Waals surface area (Å²) in [6.45, 7) is 4.48. The first-order valence-electron chi connectivity index (χ1n) is 11.4. The number of amides is 1. The van der Waals surface area contributed by atoms with Crippen molar-refractivity contribution in [1.82, 2.24) is 0 Å². The lowest BCUT2D eigenvalue weighted by atomic mass is 9.79. The second-order valence-electron chi connectivity index (χ2n) is 9.21. The van der Waals surface area contributed by atoms with Crippen LogP contribution in [-0.4, -0.2) is 30.2 Å². The quantitative estimate of drug-likeness (QED) is 0.589. The number of ether oxygens (including phenoxy) is 2. The Hall–Kier alpha value is -4.31. The largest absolute Gasteiger partial charge is 0.486 e. The fourth-order valence-corrected chi connectivity index (χ4v) is 4.77. The summed E-state index contributed by atoms with van der Waals surface area (Å²) >= 11 is 0. The number of carbonyl (C=O) groups excluding carboxylic acids is 1. The molecule has 1 N–H and O–H groups in total. The number of hydrogen-bond acceptors (Lipinski definition) is 5. The molecule has 2 aliphatic rings. The Morgan fingerprint density at radius 3 is 2.40 bits per heavy atom. The Kier molecular flexibility index (Phi) is 5.45. The Bertz CT molecular complexity index is 1360. The van der Waals surface area contributed by atoms with Gasteiger partial charge in [0.1, 0.15) is 19.1 Å². The van der Waals surface area contributed by atoms with E-state index in [1.807, 2.05) is 26.0 Å². The monoisotopic (exact) mass is 468 g/mol. The summed E-state index contributed by atoms with van der Waals surface area (Å²) in [5.74, 6) is -1.21. The first kappa shape index (κ1) is 22.5. The maximum absolute atomic E-state index is 13.8. The Morgan fingerprint density at radius 1 is 1.03 bits per heavy atom. The Balaban J connectivity index is 1.69. The lowest BCUT2D eigenvalue weighted by Gasteiger charge is -2.41. The number of fused-ring (bicyclic) bond motifs is 2. The second kappa shape index (κ2) is 8.48. The fourth-order valence-electron chi connectivity index (χ4n) is 4.77. The highest BCUT2D eigenvalue weighted by Crippen LogP contribution is 2.47. The molecule has 0 saturated heterocycles. The number of hydrogen-bond donors (Lipinski definition) is 1. The summed E-state index contributed by atoms with van der Waals surface area (Å²) in [6, 6.07) is 20.8. The molecule has 2 heterocycles. The van der Waals surface area contributed by atoms with Gasteiger partial charge in [0.25, 0.3) is 5.91 Å². The minimum Gasteiger partial charge on any atom is -0.486 e. The second-order valence-corrected chi connectivity index (χ2v) is 9.21. The molecule has 2 aliphatic heterocycles. The summed E-state index contributed by atoms with van der Waals surface area (Å²) in [7, 11) is 0. The summed E-state index contributed by atoms with van der Waals surface area (Å²) < 4.78 is 11.4. The topological polar surface area (TPSA) is 99.9 Å². The molecule has 2 atom stereocenters. The molecule has 7 nitrogen and oxygen atoms in total. The lowest BCUT2D eigenvalue weighted by Crippen LogP contribution is -2.45. The predicted octanol–water partition coefficient (Wildman–Crippen LogP) is 4.83. The average Bonchev–Trinajstić information content (AvgIpc) is 2.88. The third-order valence-electron chi connectivity index (χ3n) is 6.66. The highest BCUT2D eigenvalue weighted by Gasteiger charge is 2.45. The van der Waals surface area contributed by atoms with Gasteiger partial charge in [-0.05, 0) is 60.9 Å². The van der Waals surface area contributed by atoms with E-state index in [2.05, 4.69) is 6.07 Å². The fraction of sp³-hybridized carbons (Fsp3) is 0.250. The van der Waals surface area contributed by atoms with Crippen LogP contribution in [0.4, 0.5) is 5.69 Å². The third-order valence-corrected chi connectivity index (χ3v) is 6.66. The Morgan fingerprint density at radius 2 is 1.71 bits per heavy atom. The Labute approximate surface area is 203 Å². The predicted molar refractivity (Wildman–Crippen MR) is 129 cm³/mol. The molecule has 7 heteroatoms. The van der Waals surface area contributed by atoms with Crippen LogP contribution < -0.4 is 14.4 Å². The van der Waals surface area contributed by atoms with Crippen molar-refractivity contribution in [3.8, 4) is 17.6 Å². The third kappa shape index (κ3) is 3.77. The van der Waals surface area contributed by atoms with Crippen LogP contribution in [0.25, 0.3) is 0 Å². The van der Waals surface area contributed by atoms with Gasteiger partial charge in [0, 0.05) is 11.3 Å². The molecule has 0 spiro atoms. The molecule has 0 fully saturated rings. The minimum absolute atomic E-state index is 0.287. The molecular weight excluding hydrogens is 444 g/mol. The highest BCUT2D eigenvalue weighted by molar-refractivity contribution is 6.11. The zero-order valence-electron chi connectivity index (χ0n) is 19.4. The zero-order chi connectivity index (χ0) is 24.7. The highest BCUT2D eigenvalue weighted by atomic mass is 16.6. The van der Waals surface area contributed by atoms with E-state index in [4.69, 9.17) is 9.47 Å². The zero-order valence-corrected chi connectivity index (χ0v) is 19.4. The average molecular weight is 469 g/mol. The van der Waals surface area contributed by atoms with E-state index in [-0.39, 0.29) is 5.91 Å². The first-order valence-corrected chi connectivity index (χ1v) is 11.4. The van der Waals surface area contributed by atoms with Crippen molar-refractivity contribution in [2.24, 2.45) is 0 Å². The van der Waals surface area contributed by atoms with Gasteiger partial charge in [-0.2, -0.15) is 5.26 Å². The molecule has 0 bridgehead atoms. The van der Waals surface area contributed by atoms with Crippen molar-refractivity contribution in [3.05, 3.63) is 89.0 Å². The first-order chi connectivity index (χ1) is 16.8. The van der Waals surface area contributed by atoms with Crippen LogP contribution in [0.3, 0.4) is 0 Å². The van der Waals surface area contributed by atoms with E-state index in [0.29, 0.717) is 47.1 Å². The van der Waals surface area contributed by atoms with Crippen molar-refractivity contribution in [1.29, 1.82) is 5.26 Å².